The molecule has 4 heteroatoms. The lowest BCUT2D eigenvalue weighted by atomic mass is 10.1. The standard InChI is InChI=1S/C17H28N4/c1-2-18-17(20-15-16-9-5-3-6-10-16)19-11-14-21-12-7-4-8-13-21/h3,5-6,9-10H,2,4,7-8,11-15H2,1H3,(H2,18,19,20). The van der Waals surface area contributed by atoms with Gasteiger partial charge in [0.1, 0.15) is 0 Å². The summed E-state index contributed by atoms with van der Waals surface area (Å²) in [6.07, 6.45) is 4.09. The van der Waals surface area contributed by atoms with Gasteiger partial charge in [-0.15, -0.1) is 0 Å². The van der Waals surface area contributed by atoms with E-state index in [4.69, 9.17) is 0 Å². The molecule has 0 aromatic heterocycles. The highest BCUT2D eigenvalue weighted by molar-refractivity contribution is 5.79. The fraction of sp³-hybridized carbons (Fsp3) is 0.588. The number of aliphatic imine (C=N–C) groups is 1. The summed E-state index contributed by atoms with van der Waals surface area (Å²) in [7, 11) is 0. The Bertz CT molecular complexity index is 410. The molecule has 0 atom stereocenters. The van der Waals surface area contributed by atoms with E-state index in [1.807, 2.05) is 6.07 Å². The van der Waals surface area contributed by atoms with Crippen LogP contribution in [0, 0.1) is 0 Å². The highest BCUT2D eigenvalue weighted by Gasteiger charge is 2.09. The Balaban J connectivity index is 1.75. The van der Waals surface area contributed by atoms with Crippen molar-refractivity contribution >= 4 is 5.96 Å². The van der Waals surface area contributed by atoms with E-state index in [1.54, 1.807) is 0 Å². The molecule has 4 nitrogen and oxygen atoms in total. The van der Waals surface area contributed by atoms with Crippen molar-refractivity contribution in [3.8, 4) is 0 Å². The minimum Gasteiger partial charge on any atom is -0.357 e. The SMILES string of the molecule is CCNC(=NCc1ccccc1)NCCN1CCCCC1. The van der Waals surface area contributed by atoms with Crippen LogP contribution in [0.5, 0.6) is 0 Å². The molecule has 2 rings (SSSR count). The predicted octanol–water partition coefficient (Wildman–Crippen LogP) is 2.23. The predicted molar refractivity (Wildman–Crippen MR) is 89.6 cm³/mol. The van der Waals surface area contributed by atoms with E-state index in [9.17, 15) is 0 Å². The molecule has 1 aromatic rings. The number of guanidine groups is 1. The van der Waals surface area contributed by atoms with Crippen molar-refractivity contribution in [2.45, 2.75) is 32.7 Å². The van der Waals surface area contributed by atoms with Gasteiger partial charge < -0.3 is 15.5 Å². The smallest absolute Gasteiger partial charge is 0.191 e. The summed E-state index contributed by atoms with van der Waals surface area (Å²) in [6, 6.07) is 10.4. The van der Waals surface area contributed by atoms with Gasteiger partial charge in [-0.3, -0.25) is 0 Å². The van der Waals surface area contributed by atoms with E-state index in [0.29, 0.717) is 0 Å². The minimum atomic E-state index is 0.722. The summed E-state index contributed by atoms with van der Waals surface area (Å²) in [5.74, 6) is 0.915. The molecule has 0 spiro atoms. The Labute approximate surface area is 128 Å². The summed E-state index contributed by atoms with van der Waals surface area (Å²) < 4.78 is 0. The average Bonchev–Trinajstić information content (AvgIpc) is 2.54. The molecule has 1 saturated heterocycles. The first-order chi connectivity index (χ1) is 10.4. The quantitative estimate of drug-likeness (QED) is 0.623. The number of likely N-dealkylation sites (tertiary alicyclic amines) is 1. The topological polar surface area (TPSA) is 39.7 Å². The van der Waals surface area contributed by atoms with Gasteiger partial charge in [-0.2, -0.15) is 0 Å². The third-order valence-corrected chi connectivity index (χ3v) is 3.78. The summed E-state index contributed by atoms with van der Waals surface area (Å²) in [5.41, 5.74) is 1.24. The van der Waals surface area contributed by atoms with Gasteiger partial charge in [-0.05, 0) is 38.4 Å². The van der Waals surface area contributed by atoms with Crippen LogP contribution < -0.4 is 10.6 Å². The van der Waals surface area contributed by atoms with Gasteiger partial charge in [-0.1, -0.05) is 36.8 Å². The van der Waals surface area contributed by atoms with E-state index in [0.717, 1.165) is 32.1 Å². The summed E-state index contributed by atoms with van der Waals surface area (Å²) in [6.45, 7) is 8.28. The third-order valence-electron chi connectivity index (χ3n) is 3.78. The zero-order valence-corrected chi connectivity index (χ0v) is 13.1. The van der Waals surface area contributed by atoms with E-state index >= 15 is 0 Å². The molecular formula is C17H28N4. The molecule has 1 aliphatic heterocycles. The number of hydrogen-bond acceptors (Lipinski definition) is 2. The van der Waals surface area contributed by atoms with Crippen LogP contribution in [-0.2, 0) is 6.54 Å². The second-order valence-electron chi connectivity index (χ2n) is 5.51. The van der Waals surface area contributed by atoms with E-state index < -0.39 is 0 Å². The van der Waals surface area contributed by atoms with Crippen molar-refractivity contribution in [1.82, 2.24) is 15.5 Å². The Kier molecular flexibility index (Phi) is 7.08. The number of benzene rings is 1. The van der Waals surface area contributed by atoms with Crippen LogP contribution in [0.2, 0.25) is 0 Å². The molecule has 0 bridgehead atoms. The normalized spacial score (nSPS) is 16.7. The average molecular weight is 288 g/mol. The van der Waals surface area contributed by atoms with Crippen molar-refractivity contribution in [3.05, 3.63) is 35.9 Å². The lowest BCUT2D eigenvalue weighted by Crippen LogP contribution is -2.42. The van der Waals surface area contributed by atoms with Gasteiger partial charge in [0, 0.05) is 19.6 Å². The van der Waals surface area contributed by atoms with Gasteiger partial charge >= 0.3 is 0 Å². The largest absolute Gasteiger partial charge is 0.357 e. The number of piperidine rings is 1. The monoisotopic (exact) mass is 288 g/mol. The molecule has 21 heavy (non-hydrogen) atoms. The fourth-order valence-corrected chi connectivity index (χ4v) is 2.61. The molecule has 0 unspecified atom stereocenters. The molecule has 2 N–H and O–H groups in total. The first-order valence-corrected chi connectivity index (χ1v) is 8.17. The second-order valence-corrected chi connectivity index (χ2v) is 5.51. The zero-order valence-electron chi connectivity index (χ0n) is 13.1. The van der Waals surface area contributed by atoms with Crippen molar-refractivity contribution in [2.75, 3.05) is 32.7 Å². The van der Waals surface area contributed by atoms with Crippen LogP contribution >= 0.6 is 0 Å². The maximum Gasteiger partial charge on any atom is 0.191 e. The Morgan fingerprint density at radius 2 is 1.86 bits per heavy atom. The molecule has 1 aliphatic rings. The van der Waals surface area contributed by atoms with Crippen molar-refractivity contribution < 1.29 is 0 Å². The van der Waals surface area contributed by atoms with Crippen LogP contribution in [0.15, 0.2) is 35.3 Å². The number of nitrogens with one attached hydrogen (secondary N) is 2. The molecule has 1 heterocycles. The molecule has 0 aliphatic carbocycles. The number of hydrogen-bond donors (Lipinski definition) is 2. The van der Waals surface area contributed by atoms with Crippen LogP contribution in [0.1, 0.15) is 31.7 Å². The highest BCUT2D eigenvalue weighted by Crippen LogP contribution is 2.07. The van der Waals surface area contributed by atoms with Gasteiger partial charge in [0.05, 0.1) is 6.54 Å². The van der Waals surface area contributed by atoms with E-state index in [2.05, 4.69) is 51.7 Å². The molecule has 1 aromatic carbocycles. The molecule has 0 radical (unpaired) electrons. The molecule has 0 amide bonds. The maximum absolute atomic E-state index is 4.64. The molecule has 1 fully saturated rings. The first kappa shape index (κ1) is 15.8. The van der Waals surface area contributed by atoms with Crippen LogP contribution in [0.4, 0.5) is 0 Å². The van der Waals surface area contributed by atoms with Crippen molar-refractivity contribution in [1.29, 1.82) is 0 Å². The minimum absolute atomic E-state index is 0.722. The van der Waals surface area contributed by atoms with E-state index in [-0.39, 0.29) is 0 Å². The molecular weight excluding hydrogens is 260 g/mol. The second kappa shape index (κ2) is 9.40. The first-order valence-electron chi connectivity index (χ1n) is 8.17. The van der Waals surface area contributed by atoms with Crippen LogP contribution in [-0.4, -0.2) is 43.6 Å². The van der Waals surface area contributed by atoms with Gasteiger partial charge in [0.2, 0.25) is 0 Å². The summed E-state index contributed by atoms with van der Waals surface area (Å²) in [5, 5.41) is 6.75. The number of rotatable bonds is 6. The van der Waals surface area contributed by atoms with Gasteiger partial charge in [0.15, 0.2) is 5.96 Å². The summed E-state index contributed by atoms with van der Waals surface area (Å²) >= 11 is 0. The Hall–Kier alpha value is -1.55. The van der Waals surface area contributed by atoms with Crippen molar-refractivity contribution in [2.24, 2.45) is 4.99 Å². The number of nitrogens with zero attached hydrogens (tertiary/aromatic N) is 2. The third kappa shape index (κ3) is 6.17. The Morgan fingerprint density at radius 3 is 2.57 bits per heavy atom. The fourth-order valence-electron chi connectivity index (χ4n) is 2.61. The van der Waals surface area contributed by atoms with Gasteiger partial charge in [-0.25, -0.2) is 4.99 Å². The van der Waals surface area contributed by atoms with Crippen LogP contribution in [0.3, 0.4) is 0 Å². The summed E-state index contributed by atoms with van der Waals surface area (Å²) in [4.78, 5) is 7.18. The zero-order chi connectivity index (χ0) is 14.8. The lowest BCUT2D eigenvalue weighted by Gasteiger charge is -2.26. The molecule has 0 saturated carbocycles. The van der Waals surface area contributed by atoms with Gasteiger partial charge in [0.25, 0.3) is 0 Å². The molecule has 116 valence electrons. The van der Waals surface area contributed by atoms with E-state index in [1.165, 1.54) is 37.9 Å². The maximum atomic E-state index is 4.64. The Morgan fingerprint density at radius 1 is 1.10 bits per heavy atom. The lowest BCUT2D eigenvalue weighted by molar-refractivity contribution is 0.232. The van der Waals surface area contributed by atoms with Crippen LogP contribution in [0.25, 0.3) is 0 Å². The highest BCUT2D eigenvalue weighted by atomic mass is 15.2. The van der Waals surface area contributed by atoms with Crippen molar-refractivity contribution in [3.63, 3.8) is 0 Å².